The van der Waals surface area contributed by atoms with Gasteiger partial charge in [-0.25, -0.2) is 0 Å². The average Bonchev–Trinajstić information content (AvgIpc) is 2.69. The van der Waals surface area contributed by atoms with Gasteiger partial charge in [-0.3, -0.25) is 9.59 Å². The van der Waals surface area contributed by atoms with Crippen molar-refractivity contribution in [3.05, 3.63) is 0 Å². The van der Waals surface area contributed by atoms with Crippen molar-refractivity contribution in [3.8, 4) is 0 Å². The molecule has 1 aliphatic rings. The quantitative estimate of drug-likeness (QED) is 0.751. The third kappa shape index (κ3) is 4.30. The number of hydrogen-bond acceptors (Lipinski definition) is 4. The Bertz CT molecular complexity index is 327. The van der Waals surface area contributed by atoms with E-state index in [0.717, 1.165) is 19.3 Å². The molecule has 0 aromatic rings. The largest absolute Gasteiger partial charge is 0.468 e. The van der Waals surface area contributed by atoms with E-state index in [1.807, 2.05) is 0 Å². The normalized spacial score (nSPS) is 28.4. The maximum absolute atomic E-state index is 11.6. The van der Waals surface area contributed by atoms with Gasteiger partial charge >= 0.3 is 5.97 Å². The van der Waals surface area contributed by atoms with E-state index in [-0.39, 0.29) is 23.7 Å². The molecule has 4 atom stereocenters. The SMILES string of the molecule is COC(=O)[C@@H]1C[C@@H](C)[C@@H](CCC(C(C)=O)C(C)C)N1. The maximum Gasteiger partial charge on any atom is 0.322 e. The highest BCUT2D eigenvalue weighted by atomic mass is 16.5. The summed E-state index contributed by atoms with van der Waals surface area (Å²) in [7, 11) is 1.42. The molecule has 4 heteroatoms. The molecular weight excluding hydrogens is 242 g/mol. The van der Waals surface area contributed by atoms with Gasteiger partial charge in [-0.15, -0.1) is 0 Å². The van der Waals surface area contributed by atoms with E-state index in [1.165, 1.54) is 7.11 Å². The smallest absolute Gasteiger partial charge is 0.322 e. The number of carbonyl (C=O) groups is 2. The summed E-state index contributed by atoms with van der Waals surface area (Å²) in [5.74, 6) is 1.05. The summed E-state index contributed by atoms with van der Waals surface area (Å²) in [6.45, 7) is 8.01. The number of hydrogen-bond donors (Lipinski definition) is 1. The molecule has 0 radical (unpaired) electrons. The van der Waals surface area contributed by atoms with E-state index < -0.39 is 0 Å². The van der Waals surface area contributed by atoms with Crippen LogP contribution in [0.25, 0.3) is 0 Å². The second-order valence-electron chi connectivity index (χ2n) is 6.10. The Morgan fingerprint density at radius 3 is 2.47 bits per heavy atom. The molecule has 1 saturated heterocycles. The summed E-state index contributed by atoms with van der Waals surface area (Å²) in [6.07, 6.45) is 2.66. The second-order valence-corrected chi connectivity index (χ2v) is 6.10. The number of esters is 1. The standard InChI is InChI=1S/C15H27NO3/c1-9(2)12(11(4)17)6-7-13-10(3)8-14(16-13)15(18)19-5/h9-10,12-14,16H,6-8H2,1-5H3/t10-,12?,13-,14+/m1/s1. The Morgan fingerprint density at radius 2 is 2.00 bits per heavy atom. The summed E-state index contributed by atoms with van der Waals surface area (Å²) >= 11 is 0. The van der Waals surface area contributed by atoms with E-state index >= 15 is 0 Å². The summed E-state index contributed by atoms with van der Waals surface area (Å²) in [5, 5.41) is 3.34. The summed E-state index contributed by atoms with van der Waals surface area (Å²) in [5.41, 5.74) is 0. The van der Waals surface area contributed by atoms with Crippen LogP contribution in [-0.4, -0.2) is 30.9 Å². The van der Waals surface area contributed by atoms with Crippen LogP contribution in [0.15, 0.2) is 0 Å². The molecule has 0 aromatic carbocycles. The molecule has 0 saturated carbocycles. The molecule has 1 rings (SSSR count). The number of nitrogens with one attached hydrogen (secondary N) is 1. The minimum atomic E-state index is -0.181. The number of ketones is 1. The average molecular weight is 269 g/mol. The molecule has 1 fully saturated rings. The molecular formula is C15H27NO3. The molecule has 0 spiro atoms. The van der Waals surface area contributed by atoms with E-state index in [2.05, 4.69) is 26.1 Å². The lowest BCUT2D eigenvalue weighted by atomic mass is 9.85. The van der Waals surface area contributed by atoms with Crippen LogP contribution >= 0.6 is 0 Å². The Balaban J connectivity index is 2.49. The Hall–Kier alpha value is -0.900. The first-order chi connectivity index (χ1) is 8.86. The highest BCUT2D eigenvalue weighted by molar-refractivity contribution is 5.78. The minimum absolute atomic E-state index is 0.131. The topological polar surface area (TPSA) is 55.4 Å². The van der Waals surface area contributed by atoms with Gasteiger partial charge in [0, 0.05) is 12.0 Å². The van der Waals surface area contributed by atoms with Crippen molar-refractivity contribution < 1.29 is 14.3 Å². The Kier molecular flexibility index (Phi) is 5.98. The van der Waals surface area contributed by atoms with Crippen molar-refractivity contribution in [2.24, 2.45) is 17.8 Å². The predicted octanol–water partition coefficient (Wildman–Crippen LogP) is 2.17. The van der Waals surface area contributed by atoms with Crippen LogP contribution in [0.1, 0.15) is 47.0 Å². The van der Waals surface area contributed by atoms with Gasteiger partial charge in [-0.05, 0) is 38.0 Å². The Morgan fingerprint density at radius 1 is 1.37 bits per heavy atom. The van der Waals surface area contributed by atoms with E-state index in [0.29, 0.717) is 17.9 Å². The van der Waals surface area contributed by atoms with Crippen molar-refractivity contribution >= 4 is 11.8 Å². The zero-order chi connectivity index (χ0) is 14.6. The van der Waals surface area contributed by atoms with Crippen LogP contribution in [0, 0.1) is 17.8 Å². The minimum Gasteiger partial charge on any atom is -0.468 e. The van der Waals surface area contributed by atoms with Crippen LogP contribution < -0.4 is 5.32 Å². The van der Waals surface area contributed by atoms with E-state index in [4.69, 9.17) is 4.74 Å². The molecule has 1 N–H and O–H groups in total. The Labute approximate surface area is 116 Å². The van der Waals surface area contributed by atoms with Crippen LogP contribution in [0.2, 0.25) is 0 Å². The van der Waals surface area contributed by atoms with Crippen LogP contribution in [0.4, 0.5) is 0 Å². The number of rotatable bonds is 6. The highest BCUT2D eigenvalue weighted by Crippen LogP contribution is 2.27. The number of methoxy groups -OCH3 is 1. The lowest BCUT2D eigenvalue weighted by Gasteiger charge is -2.22. The molecule has 19 heavy (non-hydrogen) atoms. The highest BCUT2D eigenvalue weighted by Gasteiger charge is 2.35. The zero-order valence-electron chi connectivity index (χ0n) is 12.7. The number of Topliss-reactive ketones (excluding diaryl/α,β-unsaturated/α-hetero) is 1. The van der Waals surface area contributed by atoms with Gasteiger partial charge in [0.15, 0.2) is 0 Å². The van der Waals surface area contributed by atoms with Gasteiger partial charge in [0.2, 0.25) is 0 Å². The second kappa shape index (κ2) is 7.04. The first-order valence-corrected chi connectivity index (χ1v) is 7.21. The van der Waals surface area contributed by atoms with Crippen molar-refractivity contribution in [1.82, 2.24) is 5.32 Å². The fraction of sp³-hybridized carbons (Fsp3) is 0.867. The molecule has 1 heterocycles. The summed E-state index contributed by atoms with van der Waals surface area (Å²) < 4.78 is 4.78. The van der Waals surface area contributed by atoms with Crippen LogP contribution in [0.3, 0.4) is 0 Å². The van der Waals surface area contributed by atoms with Crippen molar-refractivity contribution in [2.45, 2.75) is 59.0 Å². The maximum atomic E-state index is 11.6. The number of carbonyl (C=O) groups excluding carboxylic acids is 2. The lowest BCUT2D eigenvalue weighted by Crippen LogP contribution is -2.37. The van der Waals surface area contributed by atoms with E-state index in [9.17, 15) is 9.59 Å². The van der Waals surface area contributed by atoms with Gasteiger partial charge in [0.1, 0.15) is 11.8 Å². The van der Waals surface area contributed by atoms with E-state index in [1.54, 1.807) is 6.92 Å². The summed E-state index contributed by atoms with van der Waals surface area (Å²) in [4.78, 5) is 23.1. The molecule has 110 valence electrons. The molecule has 0 aliphatic carbocycles. The zero-order valence-corrected chi connectivity index (χ0v) is 12.7. The molecule has 4 nitrogen and oxygen atoms in total. The van der Waals surface area contributed by atoms with Gasteiger partial charge in [-0.2, -0.15) is 0 Å². The molecule has 0 bridgehead atoms. The predicted molar refractivity (Wildman–Crippen MR) is 74.8 cm³/mol. The molecule has 0 amide bonds. The fourth-order valence-corrected chi connectivity index (χ4v) is 3.07. The number of ether oxygens (including phenoxy) is 1. The van der Waals surface area contributed by atoms with Crippen molar-refractivity contribution in [2.75, 3.05) is 7.11 Å². The van der Waals surface area contributed by atoms with Crippen molar-refractivity contribution in [3.63, 3.8) is 0 Å². The van der Waals surface area contributed by atoms with Crippen LogP contribution in [0.5, 0.6) is 0 Å². The van der Waals surface area contributed by atoms with Gasteiger partial charge in [-0.1, -0.05) is 20.8 Å². The first kappa shape index (κ1) is 16.2. The molecule has 1 unspecified atom stereocenters. The summed E-state index contributed by atoms with van der Waals surface area (Å²) in [6, 6.07) is 0.129. The fourth-order valence-electron chi connectivity index (χ4n) is 3.07. The van der Waals surface area contributed by atoms with Crippen molar-refractivity contribution in [1.29, 1.82) is 0 Å². The third-order valence-corrected chi connectivity index (χ3v) is 4.31. The first-order valence-electron chi connectivity index (χ1n) is 7.21. The third-order valence-electron chi connectivity index (χ3n) is 4.31. The molecule has 1 aliphatic heterocycles. The van der Waals surface area contributed by atoms with Gasteiger partial charge in [0.25, 0.3) is 0 Å². The van der Waals surface area contributed by atoms with Gasteiger partial charge < -0.3 is 10.1 Å². The van der Waals surface area contributed by atoms with Crippen LogP contribution in [-0.2, 0) is 14.3 Å². The molecule has 0 aromatic heterocycles. The lowest BCUT2D eigenvalue weighted by molar-refractivity contribution is -0.142. The van der Waals surface area contributed by atoms with Gasteiger partial charge in [0.05, 0.1) is 7.11 Å². The monoisotopic (exact) mass is 269 g/mol.